The summed E-state index contributed by atoms with van der Waals surface area (Å²) in [6.07, 6.45) is 0. The van der Waals surface area contributed by atoms with Crippen LogP contribution in [0.3, 0.4) is 0 Å². The van der Waals surface area contributed by atoms with Gasteiger partial charge in [0.25, 0.3) is 0 Å². The number of nitrogens with one attached hydrogen (secondary N) is 1. The van der Waals surface area contributed by atoms with E-state index in [9.17, 15) is 16.8 Å². The molecule has 0 amide bonds. The van der Waals surface area contributed by atoms with Crippen molar-refractivity contribution in [3.05, 3.63) is 0 Å². The molecule has 0 heterocycles. The van der Waals surface area contributed by atoms with Crippen molar-refractivity contribution in [1.82, 2.24) is 5.54 Å². The molecule has 8 heavy (non-hydrogen) atoms. The molecule has 0 saturated carbocycles. The van der Waals surface area contributed by atoms with Gasteiger partial charge in [0, 0.05) is 0 Å². The first kappa shape index (κ1) is 7.73. The fourth-order valence-electron chi connectivity index (χ4n) is 0.0927. The molecule has 0 aliphatic heterocycles. The molecule has 50 valence electrons. The van der Waals surface area contributed by atoms with Gasteiger partial charge in [-0.15, -0.1) is 10.0 Å². The standard InChI is InChI=1S/CH3F2NO3S/c2-4-1-7-8(3,5)6/h4H,1H2. The van der Waals surface area contributed by atoms with Gasteiger partial charge in [0.15, 0.2) is 0 Å². The molecule has 0 aromatic carbocycles. The molecule has 4 nitrogen and oxygen atoms in total. The van der Waals surface area contributed by atoms with Gasteiger partial charge in [0.1, 0.15) is 6.73 Å². The van der Waals surface area contributed by atoms with Gasteiger partial charge in [0.2, 0.25) is 0 Å². The van der Waals surface area contributed by atoms with Crippen LogP contribution >= 0.6 is 0 Å². The predicted molar refractivity (Wildman–Crippen MR) is 20.2 cm³/mol. The lowest BCUT2D eigenvalue weighted by Gasteiger charge is -1.89. The molecule has 0 saturated heterocycles. The summed E-state index contributed by atoms with van der Waals surface area (Å²) in [6, 6.07) is 0. The van der Waals surface area contributed by atoms with Gasteiger partial charge in [-0.05, 0) is 0 Å². The Morgan fingerprint density at radius 1 is 1.62 bits per heavy atom. The number of hydrogen-bond donors (Lipinski definition) is 1. The van der Waals surface area contributed by atoms with Crippen molar-refractivity contribution in [1.29, 1.82) is 0 Å². The van der Waals surface area contributed by atoms with E-state index >= 15 is 0 Å². The molecular weight excluding hydrogens is 144 g/mol. The first-order chi connectivity index (χ1) is 3.56. The Labute approximate surface area is 44.8 Å². The Balaban J connectivity index is 3.42. The minimum absolute atomic E-state index is 0.783. The van der Waals surface area contributed by atoms with Gasteiger partial charge >= 0.3 is 10.5 Å². The highest BCUT2D eigenvalue weighted by atomic mass is 32.3. The van der Waals surface area contributed by atoms with E-state index in [4.69, 9.17) is 0 Å². The molecule has 7 heteroatoms. The molecule has 1 N–H and O–H groups in total. The lowest BCUT2D eigenvalue weighted by atomic mass is 11.4. The SMILES string of the molecule is O=S(=O)(F)OCNF. The third-order valence-electron chi connectivity index (χ3n) is 0.254. The van der Waals surface area contributed by atoms with Crippen LogP contribution in [0.15, 0.2) is 0 Å². The van der Waals surface area contributed by atoms with Crippen LogP contribution in [0.4, 0.5) is 8.37 Å². The smallest absolute Gasteiger partial charge is 0.227 e. The summed E-state index contributed by atoms with van der Waals surface area (Å²) in [5.74, 6) is 0. The lowest BCUT2D eigenvalue weighted by Crippen LogP contribution is -2.09. The minimum Gasteiger partial charge on any atom is -0.227 e. The van der Waals surface area contributed by atoms with E-state index in [1.165, 1.54) is 0 Å². The molecule has 0 atom stereocenters. The molecule has 0 radical (unpaired) electrons. The zero-order chi connectivity index (χ0) is 6.62. The van der Waals surface area contributed by atoms with Crippen molar-refractivity contribution in [2.75, 3.05) is 6.73 Å². The Morgan fingerprint density at radius 3 is 2.25 bits per heavy atom. The Morgan fingerprint density at radius 2 is 2.12 bits per heavy atom. The van der Waals surface area contributed by atoms with E-state index in [2.05, 4.69) is 4.18 Å². The summed E-state index contributed by atoms with van der Waals surface area (Å²) in [5.41, 5.74) is 0.783. The highest BCUT2D eigenvalue weighted by Crippen LogP contribution is 1.89. The van der Waals surface area contributed by atoms with E-state index in [-0.39, 0.29) is 0 Å². The molecule has 0 aliphatic carbocycles. The molecule has 0 unspecified atom stereocenters. The first-order valence-electron chi connectivity index (χ1n) is 1.49. The fraction of sp³-hybridized carbons (Fsp3) is 1.00. The number of rotatable bonds is 3. The van der Waals surface area contributed by atoms with Gasteiger partial charge in [-0.1, -0.05) is 3.89 Å². The summed E-state index contributed by atoms with van der Waals surface area (Å²) in [7, 11) is -4.99. The predicted octanol–water partition coefficient (Wildman–Crippen LogP) is -0.351. The molecule has 0 bridgehead atoms. The van der Waals surface area contributed by atoms with Gasteiger partial charge in [-0.3, -0.25) is 0 Å². The second-order valence-electron chi connectivity index (χ2n) is 0.789. The lowest BCUT2D eigenvalue weighted by molar-refractivity contribution is 0.182. The summed E-state index contributed by atoms with van der Waals surface area (Å²) in [6.45, 7) is -1.00. The van der Waals surface area contributed by atoms with Crippen LogP contribution in [0.25, 0.3) is 0 Å². The summed E-state index contributed by atoms with van der Waals surface area (Å²) in [5, 5.41) is 0. The van der Waals surface area contributed by atoms with Crippen molar-refractivity contribution in [3.63, 3.8) is 0 Å². The third kappa shape index (κ3) is 5.73. The quantitative estimate of drug-likeness (QED) is 0.336. The molecule has 0 spiro atoms. The van der Waals surface area contributed by atoms with Crippen LogP contribution < -0.4 is 5.54 Å². The normalized spacial score (nSPS) is 11.8. The second-order valence-corrected chi connectivity index (χ2v) is 1.81. The second kappa shape index (κ2) is 2.90. The summed E-state index contributed by atoms with van der Waals surface area (Å²) >= 11 is 0. The third-order valence-corrected chi connectivity index (χ3v) is 0.654. The average molecular weight is 147 g/mol. The van der Waals surface area contributed by atoms with E-state index in [0.29, 0.717) is 0 Å². The van der Waals surface area contributed by atoms with Gasteiger partial charge < -0.3 is 0 Å². The van der Waals surface area contributed by atoms with Crippen LogP contribution in [0, 0.1) is 0 Å². The van der Waals surface area contributed by atoms with Gasteiger partial charge in [-0.25, -0.2) is 4.18 Å². The van der Waals surface area contributed by atoms with Crippen molar-refractivity contribution in [2.45, 2.75) is 0 Å². The van der Waals surface area contributed by atoms with Gasteiger partial charge in [-0.2, -0.15) is 8.42 Å². The fourth-order valence-corrected chi connectivity index (χ4v) is 0.278. The Bertz CT molecular complexity index is 141. The van der Waals surface area contributed by atoms with Gasteiger partial charge in [0.05, 0.1) is 0 Å². The number of halogens is 2. The van der Waals surface area contributed by atoms with Crippen LogP contribution in [-0.2, 0) is 14.7 Å². The maximum absolute atomic E-state index is 11.1. The molecular formula is CH3F2NO3S. The van der Waals surface area contributed by atoms with Crippen LogP contribution in [-0.4, -0.2) is 15.1 Å². The Kier molecular flexibility index (Phi) is 2.80. The highest BCUT2D eigenvalue weighted by Gasteiger charge is 2.04. The van der Waals surface area contributed by atoms with Crippen LogP contribution in [0.1, 0.15) is 0 Å². The molecule has 0 fully saturated rings. The van der Waals surface area contributed by atoms with Crippen molar-refractivity contribution < 1.29 is 21.0 Å². The maximum Gasteiger partial charge on any atom is 0.438 e. The van der Waals surface area contributed by atoms with E-state index < -0.39 is 17.2 Å². The topological polar surface area (TPSA) is 55.4 Å². The van der Waals surface area contributed by atoms with Crippen molar-refractivity contribution >= 4 is 10.5 Å². The monoisotopic (exact) mass is 147 g/mol. The minimum atomic E-state index is -4.99. The molecule has 0 aromatic heterocycles. The summed E-state index contributed by atoms with van der Waals surface area (Å²) < 4.78 is 43.6. The molecule has 0 aliphatic rings. The zero-order valence-corrected chi connectivity index (χ0v) is 4.41. The average Bonchev–Trinajstić information content (AvgIpc) is 1.59. The first-order valence-corrected chi connectivity index (χ1v) is 2.79. The number of hydrogen-bond acceptors (Lipinski definition) is 4. The largest absolute Gasteiger partial charge is 0.438 e. The van der Waals surface area contributed by atoms with E-state index in [1.54, 1.807) is 0 Å². The van der Waals surface area contributed by atoms with Crippen LogP contribution in [0.5, 0.6) is 0 Å². The highest BCUT2D eigenvalue weighted by molar-refractivity contribution is 7.81. The van der Waals surface area contributed by atoms with Crippen molar-refractivity contribution in [2.24, 2.45) is 0 Å². The van der Waals surface area contributed by atoms with E-state index in [1.807, 2.05) is 0 Å². The van der Waals surface area contributed by atoms with E-state index in [0.717, 1.165) is 5.54 Å². The maximum atomic E-state index is 11.1. The van der Waals surface area contributed by atoms with Crippen LogP contribution in [0.2, 0.25) is 0 Å². The van der Waals surface area contributed by atoms with Crippen molar-refractivity contribution in [3.8, 4) is 0 Å². The Hall–Kier alpha value is -0.270. The summed E-state index contributed by atoms with van der Waals surface area (Å²) in [4.78, 5) is 0. The molecule has 0 aromatic rings. The molecule has 0 rings (SSSR count). The zero-order valence-electron chi connectivity index (χ0n) is 3.60.